The highest BCUT2D eigenvalue weighted by Crippen LogP contribution is 2.35. The summed E-state index contributed by atoms with van der Waals surface area (Å²) < 4.78 is 33.4. The van der Waals surface area contributed by atoms with Crippen molar-refractivity contribution in [3.05, 3.63) is 72.3 Å². The lowest BCUT2D eigenvalue weighted by molar-refractivity contribution is -0.0465. The molecule has 4 N–H and O–H groups in total. The Bertz CT molecular complexity index is 1220. The maximum absolute atomic E-state index is 12.5. The zero-order valence-corrected chi connectivity index (χ0v) is 18.7. The lowest BCUT2D eigenvalue weighted by Crippen LogP contribution is -2.48. The number of morpholine rings is 1. The average Bonchev–Trinajstić information content (AvgIpc) is 2.78. The van der Waals surface area contributed by atoms with E-state index in [1.165, 1.54) is 0 Å². The summed E-state index contributed by atoms with van der Waals surface area (Å²) in [5.74, 6) is 0. The molecule has 1 fully saturated rings. The van der Waals surface area contributed by atoms with Crippen LogP contribution >= 0.6 is 11.9 Å². The van der Waals surface area contributed by atoms with Crippen molar-refractivity contribution in [3.8, 4) is 0 Å². The second kappa shape index (κ2) is 8.51. The lowest BCUT2D eigenvalue weighted by atomic mass is 9.93. The molecule has 162 valence electrons. The van der Waals surface area contributed by atoms with Gasteiger partial charge in [-0.15, -0.1) is 0 Å². The minimum atomic E-state index is -3.86. The van der Waals surface area contributed by atoms with E-state index in [9.17, 15) is 8.42 Å². The Hall–Kier alpha value is -2.59. The van der Waals surface area contributed by atoms with E-state index >= 15 is 0 Å². The standard InChI is InChI=1S/C22H24N4O3S2/c1-22(17-7-3-2-4-8-17)15-26(12-13-29-22)20-9-5-6-16-14-18(10-11-19(16)20)31(27,28)25-21(23)30-24/h2-11,14H,12-13,15,24H2,1H3,(H2,23,25). The van der Waals surface area contributed by atoms with Gasteiger partial charge in [0.15, 0.2) is 5.17 Å². The fourth-order valence-electron chi connectivity index (χ4n) is 3.93. The molecule has 0 saturated carbocycles. The summed E-state index contributed by atoms with van der Waals surface area (Å²) in [6.45, 7) is 4.12. The SMILES string of the molecule is CC1(c2ccccc2)CN(c2cccc3cc(S(=O)(=O)NC(=N)SN)ccc23)CCO1. The number of nitrogens with zero attached hydrogens (tertiary/aromatic N) is 1. The number of anilines is 1. The smallest absolute Gasteiger partial charge is 0.263 e. The Morgan fingerprint density at radius 2 is 1.94 bits per heavy atom. The third-order valence-electron chi connectivity index (χ3n) is 5.48. The molecule has 1 atom stereocenters. The maximum Gasteiger partial charge on any atom is 0.263 e. The third-order valence-corrected chi connectivity index (χ3v) is 7.30. The average molecular weight is 457 g/mol. The monoisotopic (exact) mass is 456 g/mol. The first kappa shape index (κ1) is 21.6. The number of hydrogen-bond acceptors (Lipinski definition) is 7. The van der Waals surface area contributed by atoms with Crippen LogP contribution in [0.3, 0.4) is 0 Å². The van der Waals surface area contributed by atoms with Gasteiger partial charge in [-0.05, 0) is 48.0 Å². The molecule has 0 bridgehead atoms. The van der Waals surface area contributed by atoms with Gasteiger partial charge in [-0.2, -0.15) is 0 Å². The number of benzene rings is 3. The van der Waals surface area contributed by atoms with Crippen LogP contribution in [0, 0.1) is 5.41 Å². The molecule has 9 heteroatoms. The molecule has 4 rings (SSSR count). The van der Waals surface area contributed by atoms with Gasteiger partial charge in [0.1, 0.15) is 5.60 Å². The molecule has 31 heavy (non-hydrogen) atoms. The molecule has 0 aromatic heterocycles. The van der Waals surface area contributed by atoms with Crippen LogP contribution in [0.15, 0.2) is 71.6 Å². The van der Waals surface area contributed by atoms with E-state index < -0.39 is 15.6 Å². The van der Waals surface area contributed by atoms with Gasteiger partial charge in [0.05, 0.1) is 18.0 Å². The number of nitrogens with two attached hydrogens (primary N) is 1. The molecule has 7 nitrogen and oxygen atoms in total. The van der Waals surface area contributed by atoms with E-state index in [1.54, 1.807) is 12.1 Å². The van der Waals surface area contributed by atoms with Crippen LogP contribution in [-0.4, -0.2) is 33.3 Å². The number of hydrogen-bond donors (Lipinski definition) is 3. The zero-order valence-electron chi connectivity index (χ0n) is 17.0. The van der Waals surface area contributed by atoms with Gasteiger partial charge in [0.25, 0.3) is 10.0 Å². The molecule has 0 amide bonds. The Morgan fingerprint density at radius 3 is 2.68 bits per heavy atom. The number of fused-ring (bicyclic) bond motifs is 1. The summed E-state index contributed by atoms with van der Waals surface area (Å²) in [6.07, 6.45) is 0. The van der Waals surface area contributed by atoms with Crippen molar-refractivity contribution in [2.45, 2.75) is 17.4 Å². The molecule has 1 unspecified atom stereocenters. The summed E-state index contributed by atoms with van der Waals surface area (Å²) in [7, 11) is -3.86. The quantitative estimate of drug-likeness (QED) is 0.315. The third kappa shape index (κ3) is 4.40. The predicted octanol–water partition coefficient (Wildman–Crippen LogP) is 3.41. The van der Waals surface area contributed by atoms with Crippen molar-refractivity contribution in [1.29, 1.82) is 5.41 Å². The van der Waals surface area contributed by atoms with Crippen LogP contribution in [0.1, 0.15) is 12.5 Å². The second-order valence-corrected chi connectivity index (χ2v) is 9.91. The molecule has 0 aliphatic carbocycles. The highest BCUT2D eigenvalue weighted by molar-refractivity contribution is 8.13. The van der Waals surface area contributed by atoms with Gasteiger partial charge in [-0.1, -0.05) is 48.5 Å². The summed E-state index contributed by atoms with van der Waals surface area (Å²) in [6, 6.07) is 21.0. The largest absolute Gasteiger partial charge is 0.367 e. The van der Waals surface area contributed by atoms with Crippen LogP contribution in [0.4, 0.5) is 5.69 Å². The van der Waals surface area contributed by atoms with E-state index in [0.717, 1.165) is 28.6 Å². The molecule has 0 radical (unpaired) electrons. The fourth-order valence-corrected chi connectivity index (χ4v) is 5.35. The molecular formula is C22H24N4O3S2. The van der Waals surface area contributed by atoms with E-state index in [-0.39, 0.29) is 10.1 Å². The zero-order chi connectivity index (χ0) is 22.1. The van der Waals surface area contributed by atoms with Crippen molar-refractivity contribution in [1.82, 2.24) is 4.72 Å². The molecular weight excluding hydrogens is 432 g/mol. The number of rotatable bonds is 4. The first-order valence-corrected chi connectivity index (χ1v) is 12.1. The topological polar surface area (TPSA) is 109 Å². The molecule has 1 saturated heterocycles. The predicted molar refractivity (Wildman–Crippen MR) is 126 cm³/mol. The fraction of sp³-hybridized carbons (Fsp3) is 0.227. The highest BCUT2D eigenvalue weighted by Gasteiger charge is 2.34. The lowest BCUT2D eigenvalue weighted by Gasteiger charge is -2.42. The summed E-state index contributed by atoms with van der Waals surface area (Å²) in [5, 5.41) is 14.2. The van der Waals surface area contributed by atoms with Gasteiger partial charge in [-0.25, -0.2) is 8.42 Å². The Morgan fingerprint density at radius 1 is 1.16 bits per heavy atom. The summed E-state index contributed by atoms with van der Waals surface area (Å²) >= 11 is 0.544. The van der Waals surface area contributed by atoms with Gasteiger partial charge < -0.3 is 9.64 Å². The number of ether oxygens (including phenoxy) is 1. The first-order chi connectivity index (χ1) is 14.8. The molecule has 1 aliphatic rings. The Labute approximate surface area is 186 Å². The van der Waals surface area contributed by atoms with Crippen LogP contribution in [0.25, 0.3) is 10.8 Å². The molecule has 0 spiro atoms. The Kier molecular flexibility index (Phi) is 5.94. The molecule has 3 aromatic carbocycles. The van der Waals surface area contributed by atoms with E-state index in [1.807, 2.05) is 42.5 Å². The first-order valence-electron chi connectivity index (χ1n) is 9.78. The van der Waals surface area contributed by atoms with Crippen LogP contribution in [-0.2, 0) is 20.4 Å². The minimum absolute atomic E-state index is 0.0899. The highest BCUT2D eigenvalue weighted by atomic mass is 32.2. The molecule has 1 heterocycles. The van der Waals surface area contributed by atoms with Crippen LogP contribution < -0.4 is 14.8 Å². The Balaban J connectivity index is 1.68. The summed E-state index contributed by atoms with van der Waals surface area (Å²) in [4.78, 5) is 2.37. The summed E-state index contributed by atoms with van der Waals surface area (Å²) in [5.41, 5.74) is 1.72. The van der Waals surface area contributed by atoms with Crippen molar-refractivity contribution < 1.29 is 13.2 Å². The van der Waals surface area contributed by atoms with Crippen molar-refractivity contribution in [2.75, 3.05) is 24.6 Å². The normalized spacial score (nSPS) is 19.4. The maximum atomic E-state index is 12.5. The number of amidine groups is 1. The second-order valence-electron chi connectivity index (χ2n) is 7.58. The van der Waals surface area contributed by atoms with E-state index in [2.05, 4.69) is 28.7 Å². The van der Waals surface area contributed by atoms with Gasteiger partial charge in [-0.3, -0.25) is 15.3 Å². The van der Waals surface area contributed by atoms with Crippen LogP contribution in [0.2, 0.25) is 0 Å². The van der Waals surface area contributed by atoms with Gasteiger partial charge in [0, 0.05) is 17.6 Å². The molecule has 3 aromatic rings. The number of sulfonamides is 1. The van der Waals surface area contributed by atoms with Gasteiger partial charge in [0.2, 0.25) is 0 Å². The molecule has 1 aliphatic heterocycles. The van der Waals surface area contributed by atoms with Crippen molar-refractivity contribution in [3.63, 3.8) is 0 Å². The number of nitrogens with one attached hydrogen (secondary N) is 2. The minimum Gasteiger partial charge on any atom is -0.367 e. The van der Waals surface area contributed by atoms with E-state index in [4.69, 9.17) is 15.3 Å². The van der Waals surface area contributed by atoms with Crippen molar-refractivity contribution in [2.24, 2.45) is 5.14 Å². The van der Waals surface area contributed by atoms with Gasteiger partial charge >= 0.3 is 0 Å². The van der Waals surface area contributed by atoms with E-state index in [0.29, 0.717) is 25.1 Å². The van der Waals surface area contributed by atoms with Crippen molar-refractivity contribution >= 4 is 43.6 Å². The van der Waals surface area contributed by atoms with Crippen LogP contribution in [0.5, 0.6) is 0 Å².